The van der Waals surface area contributed by atoms with E-state index in [4.69, 9.17) is 0 Å². The van der Waals surface area contributed by atoms with E-state index in [2.05, 4.69) is 327 Å². The number of anilines is 6. The third kappa shape index (κ3) is 10.0. The Morgan fingerprint density at radius 2 is 0.342 bits per heavy atom. The van der Waals surface area contributed by atoms with Crippen LogP contribution < -0.4 is 9.80 Å². The molecule has 0 bridgehead atoms. The number of hydrogen-bond acceptors (Lipinski definition) is 2. The molecule has 0 aromatic heterocycles. The predicted octanol–water partition coefficient (Wildman–Crippen LogP) is 20.9. The topological polar surface area (TPSA) is 6.48 Å². The Morgan fingerprint density at radius 1 is 0.171 bits per heavy atom. The van der Waals surface area contributed by atoms with Crippen molar-refractivity contribution in [3.05, 3.63) is 314 Å². The van der Waals surface area contributed by atoms with Gasteiger partial charge < -0.3 is 9.80 Å². The van der Waals surface area contributed by atoms with Crippen molar-refractivity contribution < 1.29 is 0 Å². The van der Waals surface area contributed by atoms with Crippen molar-refractivity contribution in [2.24, 2.45) is 0 Å². The van der Waals surface area contributed by atoms with Crippen LogP contribution in [-0.2, 0) is 0 Å². The monoisotopic (exact) mass is 972 g/mol. The van der Waals surface area contributed by atoms with Crippen LogP contribution in [0.5, 0.6) is 0 Å². The molecule has 12 rings (SSSR count). The van der Waals surface area contributed by atoms with Crippen LogP contribution in [0.25, 0.3) is 77.9 Å². The van der Waals surface area contributed by atoms with Crippen LogP contribution in [0.15, 0.2) is 303 Å². The molecule has 0 heterocycles. The fourth-order valence-electron chi connectivity index (χ4n) is 10.5. The maximum absolute atomic E-state index is 2.34. The Bertz CT molecular complexity index is 3430. The summed E-state index contributed by atoms with van der Waals surface area (Å²) in [5.41, 5.74) is 26.0. The lowest BCUT2D eigenvalue weighted by molar-refractivity contribution is 1.28. The maximum atomic E-state index is 2.34. The summed E-state index contributed by atoms with van der Waals surface area (Å²) in [6.07, 6.45) is 0. The van der Waals surface area contributed by atoms with Gasteiger partial charge in [0.05, 0.1) is 0 Å². The molecule has 0 unspecified atom stereocenters. The minimum absolute atomic E-state index is 1.10. The molecule has 362 valence electrons. The lowest BCUT2D eigenvalue weighted by Gasteiger charge is -2.26. The molecule has 2 nitrogen and oxygen atoms in total. The molecule has 0 aliphatic heterocycles. The summed E-state index contributed by atoms with van der Waals surface area (Å²) >= 11 is 0. The SMILES string of the molecule is Cc1cc(-c2ccc(N(c3ccc(-c4ccccc4)cc3)c3ccc(-c4ccccc4)cc3)cc2)ccc1-c1ccc(-c2ccc(N(c3ccc(-c4ccccc4)cc3)c3ccc(-c4ccccc4)cc3)cc2)cc1C. The van der Waals surface area contributed by atoms with Crippen LogP contribution in [-0.4, -0.2) is 0 Å². The van der Waals surface area contributed by atoms with Crippen molar-refractivity contribution in [3.8, 4) is 77.9 Å². The molecule has 0 radical (unpaired) electrons. The standard InChI is InChI=1S/C74H56N2/c1-53-51-65(63-31-45-71(46-32-63)75(67-37-23-59(24-38-67)55-15-7-3-8-16-55)68-39-25-60(26-40-68)56-17-9-4-10-18-56)35-49-73(53)74-50-36-66(52-54(74)2)64-33-47-72(48-34-64)76(69-41-27-61(28-42-69)57-19-11-5-12-20-57)70-43-29-62(30-44-70)58-21-13-6-14-22-58/h3-52H,1-2H3. The average Bonchev–Trinajstić information content (AvgIpc) is 3.51. The molecule has 0 amide bonds. The Kier molecular flexibility index (Phi) is 13.3. The zero-order chi connectivity index (χ0) is 51.2. The number of rotatable bonds is 13. The normalized spacial score (nSPS) is 11.0. The van der Waals surface area contributed by atoms with Crippen molar-refractivity contribution >= 4 is 34.1 Å². The van der Waals surface area contributed by atoms with Crippen molar-refractivity contribution in [1.82, 2.24) is 0 Å². The zero-order valence-corrected chi connectivity index (χ0v) is 42.8. The fraction of sp³-hybridized carbons (Fsp3) is 0.0270. The summed E-state index contributed by atoms with van der Waals surface area (Å²) in [4.78, 5) is 4.69. The number of hydrogen-bond donors (Lipinski definition) is 0. The molecule has 0 aliphatic carbocycles. The van der Waals surface area contributed by atoms with Crippen LogP contribution in [0.2, 0.25) is 0 Å². The quantitative estimate of drug-likeness (QED) is 0.114. The van der Waals surface area contributed by atoms with Gasteiger partial charge in [0.2, 0.25) is 0 Å². The highest BCUT2D eigenvalue weighted by Gasteiger charge is 2.17. The summed E-state index contributed by atoms with van der Waals surface area (Å²) in [6.45, 7) is 4.46. The third-order valence-corrected chi connectivity index (χ3v) is 14.6. The highest BCUT2D eigenvalue weighted by molar-refractivity contribution is 5.85. The smallest absolute Gasteiger partial charge is 0.0462 e. The highest BCUT2D eigenvalue weighted by atomic mass is 15.1. The number of aryl methyl sites for hydroxylation is 2. The first kappa shape index (κ1) is 47.3. The van der Waals surface area contributed by atoms with Crippen LogP contribution in [0.3, 0.4) is 0 Å². The second kappa shape index (κ2) is 21.4. The summed E-state index contributed by atoms with van der Waals surface area (Å²) in [7, 11) is 0. The van der Waals surface area contributed by atoms with Crippen LogP contribution >= 0.6 is 0 Å². The van der Waals surface area contributed by atoms with E-state index in [0.717, 1.165) is 34.1 Å². The molecule has 12 aromatic rings. The Hall–Kier alpha value is -9.76. The van der Waals surface area contributed by atoms with Crippen LogP contribution in [0.4, 0.5) is 34.1 Å². The van der Waals surface area contributed by atoms with Gasteiger partial charge >= 0.3 is 0 Å². The second-order valence-corrected chi connectivity index (χ2v) is 19.5. The predicted molar refractivity (Wildman–Crippen MR) is 323 cm³/mol. The van der Waals surface area contributed by atoms with Gasteiger partial charge in [0.25, 0.3) is 0 Å². The van der Waals surface area contributed by atoms with Gasteiger partial charge in [0.1, 0.15) is 0 Å². The molecule has 0 atom stereocenters. The minimum Gasteiger partial charge on any atom is -0.311 e. The van der Waals surface area contributed by atoms with E-state index in [1.54, 1.807) is 0 Å². The van der Waals surface area contributed by atoms with Gasteiger partial charge in [-0.15, -0.1) is 0 Å². The summed E-state index contributed by atoms with van der Waals surface area (Å²) in [5.74, 6) is 0. The van der Waals surface area contributed by atoms with Crippen molar-refractivity contribution in [2.75, 3.05) is 9.80 Å². The molecule has 0 fully saturated rings. The molecule has 0 N–H and O–H groups in total. The molecule has 76 heavy (non-hydrogen) atoms. The summed E-state index contributed by atoms with van der Waals surface area (Å²) < 4.78 is 0. The average molecular weight is 973 g/mol. The first-order valence-corrected chi connectivity index (χ1v) is 26.1. The fourth-order valence-corrected chi connectivity index (χ4v) is 10.5. The molecular formula is C74H56N2. The molecule has 0 saturated heterocycles. The van der Waals surface area contributed by atoms with E-state index in [0.29, 0.717) is 0 Å². The van der Waals surface area contributed by atoms with E-state index in [1.807, 2.05) is 0 Å². The van der Waals surface area contributed by atoms with Gasteiger partial charge in [-0.2, -0.15) is 0 Å². The number of nitrogens with zero attached hydrogens (tertiary/aromatic N) is 2. The molecule has 0 saturated carbocycles. The van der Waals surface area contributed by atoms with Gasteiger partial charge in [-0.25, -0.2) is 0 Å². The van der Waals surface area contributed by atoms with Gasteiger partial charge in [-0.3, -0.25) is 0 Å². The van der Waals surface area contributed by atoms with E-state index >= 15 is 0 Å². The first-order chi connectivity index (χ1) is 37.5. The Morgan fingerprint density at radius 3 is 0.539 bits per heavy atom. The van der Waals surface area contributed by atoms with Gasteiger partial charge in [0.15, 0.2) is 0 Å². The number of benzene rings is 12. The van der Waals surface area contributed by atoms with Gasteiger partial charge in [-0.1, -0.05) is 231 Å². The first-order valence-electron chi connectivity index (χ1n) is 26.1. The lowest BCUT2D eigenvalue weighted by Crippen LogP contribution is -2.09. The van der Waals surface area contributed by atoms with E-state index in [-0.39, 0.29) is 0 Å². The van der Waals surface area contributed by atoms with E-state index in [1.165, 1.54) is 89.0 Å². The minimum atomic E-state index is 1.10. The summed E-state index contributed by atoms with van der Waals surface area (Å²) in [5, 5.41) is 0. The van der Waals surface area contributed by atoms with Crippen LogP contribution in [0.1, 0.15) is 11.1 Å². The van der Waals surface area contributed by atoms with Crippen molar-refractivity contribution in [1.29, 1.82) is 0 Å². The highest BCUT2D eigenvalue weighted by Crippen LogP contribution is 2.41. The van der Waals surface area contributed by atoms with Gasteiger partial charge in [0, 0.05) is 34.1 Å². The largest absolute Gasteiger partial charge is 0.311 e. The lowest BCUT2D eigenvalue weighted by atomic mass is 9.91. The Balaban J connectivity index is 0.791. The van der Waals surface area contributed by atoms with Crippen molar-refractivity contribution in [3.63, 3.8) is 0 Å². The summed E-state index contributed by atoms with van der Waals surface area (Å²) in [6, 6.07) is 110. The molecule has 0 aliphatic rings. The van der Waals surface area contributed by atoms with Gasteiger partial charge in [-0.05, 0) is 176 Å². The molecule has 2 heteroatoms. The molecule has 0 spiro atoms. The van der Waals surface area contributed by atoms with Crippen LogP contribution in [0, 0.1) is 13.8 Å². The maximum Gasteiger partial charge on any atom is 0.0462 e. The molecule has 12 aromatic carbocycles. The third-order valence-electron chi connectivity index (χ3n) is 14.6. The Labute approximate surface area is 447 Å². The van der Waals surface area contributed by atoms with Crippen molar-refractivity contribution in [2.45, 2.75) is 13.8 Å². The van der Waals surface area contributed by atoms with E-state index < -0.39 is 0 Å². The zero-order valence-electron chi connectivity index (χ0n) is 42.8. The second-order valence-electron chi connectivity index (χ2n) is 19.5. The molecular weight excluding hydrogens is 917 g/mol. The van der Waals surface area contributed by atoms with E-state index in [9.17, 15) is 0 Å².